The minimum Gasteiger partial charge on any atom is -0.468 e. The first-order chi connectivity index (χ1) is 37.4. The molecule has 9 aromatic rings. The molecular formula is C74H78BN3O. The van der Waals surface area contributed by atoms with Crippen molar-refractivity contribution in [2.24, 2.45) is 0 Å². The summed E-state index contributed by atoms with van der Waals surface area (Å²) in [6.07, 6.45) is 4.61. The number of anilines is 8. The molecule has 0 N–H and O–H groups in total. The van der Waals surface area contributed by atoms with E-state index in [1.807, 2.05) is 0 Å². The van der Waals surface area contributed by atoms with E-state index >= 15 is 0 Å². The van der Waals surface area contributed by atoms with Gasteiger partial charge in [0.1, 0.15) is 5.58 Å². The molecule has 4 nitrogen and oxygen atoms in total. The molecule has 8 aromatic carbocycles. The highest BCUT2D eigenvalue weighted by Gasteiger charge is 2.62. The third kappa shape index (κ3) is 7.98. The summed E-state index contributed by atoms with van der Waals surface area (Å²) in [5.74, 6) is 0. The van der Waals surface area contributed by atoms with E-state index in [2.05, 4.69) is 281 Å². The summed E-state index contributed by atoms with van der Waals surface area (Å²) in [6, 6.07) is 65.6. The highest BCUT2D eigenvalue weighted by molar-refractivity contribution is 7.00. The molecule has 4 aliphatic rings. The van der Waals surface area contributed by atoms with Crippen molar-refractivity contribution in [3.63, 3.8) is 0 Å². The van der Waals surface area contributed by atoms with Crippen LogP contribution in [-0.4, -0.2) is 12.3 Å². The molecule has 398 valence electrons. The lowest BCUT2D eigenvalue weighted by Gasteiger charge is -2.52. The zero-order valence-corrected chi connectivity index (χ0v) is 49.3. The van der Waals surface area contributed by atoms with Gasteiger partial charge in [-0.25, -0.2) is 0 Å². The maximum Gasteiger partial charge on any atom is 0.297 e. The van der Waals surface area contributed by atoms with Gasteiger partial charge in [-0.3, -0.25) is 0 Å². The van der Waals surface area contributed by atoms with E-state index in [-0.39, 0.29) is 39.3 Å². The topological polar surface area (TPSA) is 22.9 Å². The first kappa shape index (κ1) is 51.2. The standard InChI is InChI=1S/C74H78BN3O/c1-69(2,3)50-27-33-54(34-28-50)76(55-35-29-51(30-36-55)70(4,5)6)56-45-62-65-63(46-56)78-67-59(73(13)39-21-22-40-74(73,78)14)41-49(47-23-17-15-18-24-47)42-60(67)75(65)68-66(57-37-31-53(72(10,11)12)44-64(57)79-68)77(62)61-38-32-52(71(7,8)9)43-58(61)48-25-19-16-20-26-48/h15-20,23-38,41-46H,21-22,39-40H2,1-14H3. The summed E-state index contributed by atoms with van der Waals surface area (Å²) in [7, 11) is 0. The number of rotatable bonds is 6. The second-order valence-electron chi connectivity index (χ2n) is 28.2. The number of furan rings is 1. The molecule has 0 spiro atoms. The molecule has 0 saturated heterocycles. The molecule has 13 rings (SSSR count). The molecule has 3 aliphatic heterocycles. The van der Waals surface area contributed by atoms with E-state index in [0.29, 0.717) is 0 Å². The second kappa shape index (κ2) is 17.6. The Morgan fingerprint density at radius 3 is 1.59 bits per heavy atom. The lowest BCUT2D eigenvalue weighted by Crippen LogP contribution is -2.64. The predicted molar refractivity (Wildman–Crippen MR) is 339 cm³/mol. The molecule has 1 fully saturated rings. The van der Waals surface area contributed by atoms with Crippen molar-refractivity contribution in [2.75, 3.05) is 14.7 Å². The fraction of sp³-hybridized carbons (Fsp3) is 0.324. The quantitative estimate of drug-likeness (QED) is 0.155. The highest BCUT2D eigenvalue weighted by Crippen LogP contribution is 2.63. The first-order valence-corrected chi connectivity index (χ1v) is 29.2. The molecule has 2 unspecified atom stereocenters. The van der Waals surface area contributed by atoms with Crippen LogP contribution >= 0.6 is 0 Å². The third-order valence-corrected chi connectivity index (χ3v) is 19.0. The van der Waals surface area contributed by atoms with Crippen molar-refractivity contribution >= 4 is 79.8 Å². The van der Waals surface area contributed by atoms with Gasteiger partial charge in [0.05, 0.1) is 28.3 Å². The molecule has 2 atom stereocenters. The van der Waals surface area contributed by atoms with Crippen molar-refractivity contribution < 1.29 is 4.42 Å². The van der Waals surface area contributed by atoms with E-state index in [1.54, 1.807) is 0 Å². The number of fused-ring (bicyclic) bond motifs is 9. The van der Waals surface area contributed by atoms with Crippen LogP contribution < -0.4 is 31.3 Å². The van der Waals surface area contributed by atoms with Crippen LogP contribution in [0.15, 0.2) is 174 Å². The van der Waals surface area contributed by atoms with E-state index < -0.39 is 0 Å². The van der Waals surface area contributed by atoms with Gasteiger partial charge in [-0.2, -0.15) is 0 Å². The molecule has 0 radical (unpaired) electrons. The van der Waals surface area contributed by atoms with Crippen molar-refractivity contribution in [2.45, 2.75) is 155 Å². The van der Waals surface area contributed by atoms with E-state index in [4.69, 9.17) is 4.42 Å². The Balaban J connectivity index is 1.20. The Morgan fingerprint density at radius 1 is 0.468 bits per heavy atom. The maximum atomic E-state index is 7.74. The molecule has 4 heterocycles. The molecule has 1 aliphatic carbocycles. The summed E-state index contributed by atoms with van der Waals surface area (Å²) in [5.41, 5.74) is 25.1. The average Bonchev–Trinajstić information content (AvgIpc) is 2.16. The van der Waals surface area contributed by atoms with Crippen LogP contribution in [0.5, 0.6) is 0 Å². The fourth-order valence-electron chi connectivity index (χ4n) is 14.2. The third-order valence-electron chi connectivity index (χ3n) is 19.0. The van der Waals surface area contributed by atoms with Crippen molar-refractivity contribution in [1.82, 2.24) is 0 Å². The van der Waals surface area contributed by atoms with Crippen molar-refractivity contribution in [1.29, 1.82) is 0 Å². The summed E-state index contributed by atoms with van der Waals surface area (Å²) >= 11 is 0. The number of hydrogen-bond acceptors (Lipinski definition) is 4. The number of nitrogens with zero attached hydrogens (tertiary/aromatic N) is 3. The van der Waals surface area contributed by atoms with E-state index in [1.165, 1.54) is 90.9 Å². The van der Waals surface area contributed by atoms with Crippen LogP contribution in [0.25, 0.3) is 33.2 Å². The van der Waals surface area contributed by atoms with Gasteiger partial charge >= 0.3 is 0 Å². The van der Waals surface area contributed by atoms with Gasteiger partial charge in [0.15, 0.2) is 0 Å². The molecule has 1 saturated carbocycles. The van der Waals surface area contributed by atoms with Gasteiger partial charge in [0, 0.05) is 44.8 Å². The first-order valence-electron chi connectivity index (χ1n) is 29.2. The lowest BCUT2D eigenvalue weighted by atomic mass is 9.35. The number of benzene rings is 8. The second-order valence-corrected chi connectivity index (χ2v) is 28.2. The highest BCUT2D eigenvalue weighted by atomic mass is 16.3. The smallest absolute Gasteiger partial charge is 0.297 e. The fourth-order valence-corrected chi connectivity index (χ4v) is 14.2. The van der Waals surface area contributed by atoms with Crippen LogP contribution in [-0.2, 0) is 27.1 Å². The molecule has 0 amide bonds. The Hall–Kier alpha value is -7.24. The summed E-state index contributed by atoms with van der Waals surface area (Å²) in [5, 5.41) is 1.12. The SMILES string of the molecule is CC(C)(C)c1ccc(N(c2ccc(C(C)(C)C)cc2)c2cc3c4c(c2)N2c5c(cc(-c6ccccc6)cc5C5(C)CCCCC25C)B4c2oc4cc(C(C)(C)C)ccc4c2N3c2ccc(C(C)(C)C)cc2-c2ccccc2)cc1. The Morgan fingerprint density at radius 2 is 1.00 bits per heavy atom. The molecule has 0 bridgehead atoms. The zero-order chi connectivity index (χ0) is 55.3. The molecule has 1 aromatic heterocycles. The van der Waals surface area contributed by atoms with Crippen molar-refractivity contribution in [3.05, 3.63) is 198 Å². The van der Waals surface area contributed by atoms with Gasteiger partial charge in [-0.15, -0.1) is 0 Å². The van der Waals surface area contributed by atoms with E-state index in [9.17, 15) is 0 Å². The monoisotopic (exact) mass is 1040 g/mol. The summed E-state index contributed by atoms with van der Waals surface area (Å²) in [4.78, 5) is 8.05. The molecular weight excluding hydrogens is 958 g/mol. The maximum absolute atomic E-state index is 7.74. The Kier molecular flexibility index (Phi) is 11.4. The van der Waals surface area contributed by atoms with Gasteiger partial charge in [-0.1, -0.05) is 206 Å². The number of hydrogen-bond donors (Lipinski definition) is 0. The zero-order valence-electron chi connectivity index (χ0n) is 49.3. The minimum atomic E-state index is -0.216. The van der Waals surface area contributed by atoms with Crippen LogP contribution in [0.3, 0.4) is 0 Å². The largest absolute Gasteiger partial charge is 0.468 e. The Bertz CT molecular complexity index is 3800. The van der Waals surface area contributed by atoms with E-state index in [0.717, 1.165) is 57.9 Å². The van der Waals surface area contributed by atoms with Gasteiger partial charge in [0.25, 0.3) is 6.71 Å². The average molecular weight is 1040 g/mol. The van der Waals surface area contributed by atoms with Gasteiger partial charge in [-0.05, 0) is 164 Å². The molecule has 5 heteroatoms. The van der Waals surface area contributed by atoms with Crippen LogP contribution in [0, 0.1) is 0 Å². The van der Waals surface area contributed by atoms with Crippen LogP contribution in [0.4, 0.5) is 45.5 Å². The minimum absolute atomic E-state index is 0.00423. The lowest BCUT2D eigenvalue weighted by molar-refractivity contribution is 0.195. The van der Waals surface area contributed by atoms with Crippen molar-refractivity contribution in [3.8, 4) is 22.3 Å². The Labute approximate surface area is 471 Å². The molecule has 79 heavy (non-hydrogen) atoms. The summed E-state index contributed by atoms with van der Waals surface area (Å²) in [6.45, 7) is 32.8. The van der Waals surface area contributed by atoms with Crippen LogP contribution in [0.1, 0.15) is 150 Å². The summed E-state index contributed by atoms with van der Waals surface area (Å²) < 4.78 is 7.74. The van der Waals surface area contributed by atoms with Gasteiger partial charge < -0.3 is 19.1 Å². The predicted octanol–water partition coefficient (Wildman–Crippen LogP) is 18.8. The normalized spacial score (nSPS) is 18.6. The van der Waals surface area contributed by atoms with Crippen LogP contribution in [0.2, 0.25) is 0 Å². The van der Waals surface area contributed by atoms with Gasteiger partial charge in [0.2, 0.25) is 0 Å².